The third-order valence-electron chi connectivity index (χ3n) is 3.08. The summed E-state index contributed by atoms with van der Waals surface area (Å²) in [4.78, 5) is 12.1. The lowest BCUT2D eigenvalue weighted by Crippen LogP contribution is -2.24. The molecule has 2 aromatic carbocycles. The van der Waals surface area contributed by atoms with Crippen molar-refractivity contribution in [2.24, 2.45) is 0 Å². The Labute approximate surface area is 154 Å². The fourth-order valence-corrected chi connectivity index (χ4v) is 3.58. The van der Waals surface area contributed by atoms with E-state index in [1.807, 2.05) is 0 Å². The fourth-order valence-electron chi connectivity index (χ4n) is 1.87. The predicted octanol–water partition coefficient (Wildman–Crippen LogP) is 3.85. The van der Waals surface area contributed by atoms with E-state index in [4.69, 9.17) is 23.2 Å². The molecule has 0 aliphatic rings. The highest BCUT2D eigenvalue weighted by Crippen LogP contribution is 2.24. The zero-order valence-corrected chi connectivity index (χ0v) is 15.1. The average Bonchev–Trinajstić information content (AvgIpc) is 2.56. The van der Waals surface area contributed by atoms with Gasteiger partial charge < -0.3 is 5.32 Å². The van der Waals surface area contributed by atoms with Gasteiger partial charge >= 0.3 is 0 Å². The number of hydrogen-bond donors (Lipinski definition) is 2. The first-order valence-electron chi connectivity index (χ1n) is 6.91. The van der Waals surface area contributed by atoms with Gasteiger partial charge in [0.25, 0.3) is 5.91 Å². The number of sulfonamides is 1. The largest absolute Gasteiger partial charge is 0.322 e. The Morgan fingerprint density at radius 3 is 2.52 bits per heavy atom. The van der Waals surface area contributed by atoms with E-state index in [0.29, 0.717) is 0 Å². The van der Waals surface area contributed by atoms with Gasteiger partial charge in [-0.25, -0.2) is 17.5 Å². The summed E-state index contributed by atoms with van der Waals surface area (Å²) < 4.78 is 39.8. The molecule has 0 aromatic heterocycles. The van der Waals surface area contributed by atoms with E-state index in [0.717, 1.165) is 12.1 Å². The van der Waals surface area contributed by atoms with Crippen LogP contribution in [0.25, 0.3) is 0 Å². The molecule has 0 saturated carbocycles. The van der Waals surface area contributed by atoms with Crippen LogP contribution in [0, 0.1) is 5.82 Å². The Hall–Kier alpha value is -1.93. The number of halogens is 3. The summed E-state index contributed by atoms with van der Waals surface area (Å²) in [5.41, 5.74) is 0.323. The molecule has 2 aromatic rings. The first kappa shape index (κ1) is 19.4. The lowest BCUT2D eigenvalue weighted by Gasteiger charge is -2.10. The van der Waals surface area contributed by atoms with Crippen LogP contribution in [0.15, 0.2) is 53.9 Å². The lowest BCUT2D eigenvalue weighted by atomic mass is 10.2. The van der Waals surface area contributed by atoms with E-state index in [-0.39, 0.29) is 32.7 Å². The van der Waals surface area contributed by atoms with Crippen LogP contribution < -0.4 is 10.0 Å². The van der Waals surface area contributed by atoms with Gasteiger partial charge in [0.15, 0.2) is 0 Å². The lowest BCUT2D eigenvalue weighted by molar-refractivity contribution is 0.102. The molecule has 0 heterocycles. The Morgan fingerprint density at radius 2 is 1.88 bits per heavy atom. The Balaban J connectivity index is 2.30. The number of amides is 1. The highest BCUT2D eigenvalue weighted by molar-refractivity contribution is 7.89. The van der Waals surface area contributed by atoms with Crippen molar-refractivity contribution in [2.75, 3.05) is 11.9 Å². The maximum absolute atomic E-state index is 13.1. The van der Waals surface area contributed by atoms with Crippen LogP contribution in [0.4, 0.5) is 10.1 Å². The molecule has 0 unspecified atom stereocenters. The van der Waals surface area contributed by atoms with Gasteiger partial charge in [0.05, 0.1) is 10.0 Å². The minimum absolute atomic E-state index is 0.0170. The first-order chi connectivity index (χ1) is 11.7. The standard InChI is InChI=1S/C16H13Cl2FN2O3S/c1-2-7-20-25(23,24)15-8-10(3-5-12(15)17)16(22)21-11-4-6-14(19)13(18)9-11/h2-6,8-9,20H,1,7H2,(H,21,22). The van der Waals surface area contributed by atoms with Crippen LogP contribution in [-0.4, -0.2) is 20.9 Å². The van der Waals surface area contributed by atoms with Crippen LogP contribution in [0.2, 0.25) is 10.0 Å². The van der Waals surface area contributed by atoms with Crippen molar-refractivity contribution in [1.29, 1.82) is 0 Å². The smallest absolute Gasteiger partial charge is 0.255 e. The summed E-state index contributed by atoms with van der Waals surface area (Å²) in [6.45, 7) is 3.44. The van der Waals surface area contributed by atoms with E-state index in [1.54, 1.807) is 0 Å². The molecule has 132 valence electrons. The zero-order valence-electron chi connectivity index (χ0n) is 12.7. The normalized spacial score (nSPS) is 11.2. The number of carbonyl (C=O) groups excluding carboxylic acids is 1. The van der Waals surface area contributed by atoms with Crippen LogP contribution in [-0.2, 0) is 10.0 Å². The molecular formula is C16H13Cl2FN2O3S. The number of carbonyl (C=O) groups is 1. The molecule has 0 bridgehead atoms. The molecule has 0 aliphatic heterocycles. The fraction of sp³-hybridized carbons (Fsp3) is 0.0625. The molecule has 0 aliphatic carbocycles. The SMILES string of the molecule is C=CCNS(=O)(=O)c1cc(C(=O)Nc2ccc(F)c(Cl)c2)ccc1Cl. The molecule has 0 atom stereocenters. The van der Waals surface area contributed by atoms with Crippen molar-refractivity contribution in [1.82, 2.24) is 4.72 Å². The second kappa shape index (κ2) is 7.97. The van der Waals surface area contributed by atoms with Gasteiger partial charge in [0, 0.05) is 17.8 Å². The van der Waals surface area contributed by atoms with E-state index >= 15 is 0 Å². The third kappa shape index (κ3) is 4.79. The summed E-state index contributed by atoms with van der Waals surface area (Å²) in [5.74, 6) is -1.22. The molecule has 0 radical (unpaired) electrons. The number of rotatable bonds is 6. The molecule has 25 heavy (non-hydrogen) atoms. The molecule has 0 saturated heterocycles. The van der Waals surface area contributed by atoms with Gasteiger partial charge in [-0.2, -0.15) is 0 Å². The van der Waals surface area contributed by atoms with Gasteiger partial charge in [-0.3, -0.25) is 4.79 Å². The van der Waals surface area contributed by atoms with Crippen LogP contribution >= 0.6 is 23.2 Å². The van der Waals surface area contributed by atoms with Crippen molar-refractivity contribution < 1.29 is 17.6 Å². The molecule has 1 amide bonds. The molecule has 9 heteroatoms. The van der Waals surface area contributed by atoms with Gasteiger partial charge in [0.1, 0.15) is 10.7 Å². The molecule has 2 N–H and O–H groups in total. The quantitative estimate of drug-likeness (QED) is 0.720. The highest BCUT2D eigenvalue weighted by Gasteiger charge is 2.19. The van der Waals surface area contributed by atoms with Gasteiger partial charge in [-0.1, -0.05) is 29.3 Å². The highest BCUT2D eigenvalue weighted by atomic mass is 35.5. The number of benzene rings is 2. The Morgan fingerprint density at radius 1 is 1.16 bits per heavy atom. The molecule has 2 rings (SSSR count). The number of hydrogen-bond acceptors (Lipinski definition) is 3. The minimum atomic E-state index is -3.90. The van der Waals surface area contributed by atoms with Crippen molar-refractivity contribution in [3.05, 3.63) is 70.5 Å². The van der Waals surface area contributed by atoms with Crippen molar-refractivity contribution in [3.8, 4) is 0 Å². The van der Waals surface area contributed by atoms with Crippen molar-refractivity contribution >= 4 is 44.8 Å². The first-order valence-corrected chi connectivity index (χ1v) is 9.15. The maximum atomic E-state index is 13.1. The predicted molar refractivity (Wildman–Crippen MR) is 96.2 cm³/mol. The van der Waals surface area contributed by atoms with Gasteiger partial charge in [-0.05, 0) is 36.4 Å². The Bertz CT molecular complexity index is 933. The third-order valence-corrected chi connectivity index (χ3v) is 5.27. The van der Waals surface area contributed by atoms with Crippen molar-refractivity contribution in [2.45, 2.75) is 4.90 Å². The summed E-state index contributed by atoms with van der Waals surface area (Å²) in [6.07, 6.45) is 1.38. The topological polar surface area (TPSA) is 75.3 Å². The second-order valence-electron chi connectivity index (χ2n) is 4.87. The summed E-state index contributed by atoms with van der Waals surface area (Å²) in [7, 11) is -3.90. The van der Waals surface area contributed by atoms with E-state index in [9.17, 15) is 17.6 Å². The molecule has 0 fully saturated rings. The zero-order chi connectivity index (χ0) is 18.6. The second-order valence-corrected chi connectivity index (χ2v) is 7.42. The van der Waals surface area contributed by atoms with Gasteiger partial charge in [-0.15, -0.1) is 6.58 Å². The van der Waals surface area contributed by atoms with E-state index < -0.39 is 21.7 Å². The van der Waals surface area contributed by atoms with E-state index in [1.165, 1.54) is 30.3 Å². The Kier molecular flexibility index (Phi) is 6.18. The monoisotopic (exact) mass is 402 g/mol. The molecular weight excluding hydrogens is 390 g/mol. The molecule has 0 spiro atoms. The van der Waals surface area contributed by atoms with Crippen LogP contribution in [0.5, 0.6) is 0 Å². The van der Waals surface area contributed by atoms with Crippen LogP contribution in [0.3, 0.4) is 0 Å². The van der Waals surface area contributed by atoms with E-state index in [2.05, 4.69) is 16.6 Å². The summed E-state index contributed by atoms with van der Waals surface area (Å²) in [5, 5.41) is 2.33. The number of nitrogens with one attached hydrogen (secondary N) is 2. The maximum Gasteiger partial charge on any atom is 0.255 e. The molecule has 5 nitrogen and oxygen atoms in total. The minimum Gasteiger partial charge on any atom is -0.322 e. The average molecular weight is 403 g/mol. The van der Waals surface area contributed by atoms with Crippen molar-refractivity contribution in [3.63, 3.8) is 0 Å². The number of anilines is 1. The summed E-state index contributed by atoms with van der Waals surface area (Å²) >= 11 is 11.6. The summed E-state index contributed by atoms with van der Waals surface area (Å²) in [6, 6.07) is 7.50. The van der Waals surface area contributed by atoms with Gasteiger partial charge in [0.2, 0.25) is 10.0 Å². The van der Waals surface area contributed by atoms with Crippen LogP contribution in [0.1, 0.15) is 10.4 Å².